The topological polar surface area (TPSA) is 151 Å². The van der Waals surface area contributed by atoms with Gasteiger partial charge in [0.1, 0.15) is 11.6 Å². The summed E-state index contributed by atoms with van der Waals surface area (Å²) in [6.45, 7) is 4.80. The number of nitrogens with one attached hydrogen (secondary N) is 3. The van der Waals surface area contributed by atoms with Crippen LogP contribution in [0, 0.1) is 0 Å². The fourth-order valence-corrected chi connectivity index (χ4v) is 3.98. The van der Waals surface area contributed by atoms with Crippen molar-refractivity contribution in [2.24, 2.45) is 0 Å². The van der Waals surface area contributed by atoms with Crippen LogP contribution >= 0.6 is 0 Å². The SMILES string of the molecule is CC(C)(C)OC(=O)NC(CS(=O)(=O)c1ccc(NC(=O)c2ccccc2)cc1)C(=O)NO. The molecule has 0 heterocycles. The van der Waals surface area contributed by atoms with Crippen molar-refractivity contribution in [2.45, 2.75) is 37.3 Å². The molecule has 11 heteroatoms. The summed E-state index contributed by atoms with van der Waals surface area (Å²) in [5, 5.41) is 13.7. The minimum atomic E-state index is -4.06. The second-order valence-corrected chi connectivity index (χ2v) is 9.84. The standard InChI is InChI=1S/C21H25N3O7S/c1-21(2,3)31-20(27)23-17(19(26)24-28)13-32(29,30)16-11-9-15(10-12-16)22-18(25)14-7-5-4-6-8-14/h4-12,17,28H,13H2,1-3H3,(H,22,25)(H,23,27)(H,24,26). The molecule has 0 saturated carbocycles. The van der Waals surface area contributed by atoms with E-state index in [9.17, 15) is 22.8 Å². The molecule has 172 valence electrons. The van der Waals surface area contributed by atoms with Crippen LogP contribution in [0.2, 0.25) is 0 Å². The molecule has 2 aromatic carbocycles. The van der Waals surface area contributed by atoms with Crippen LogP contribution in [0.5, 0.6) is 0 Å². The number of hydroxylamine groups is 1. The zero-order valence-corrected chi connectivity index (χ0v) is 18.6. The molecule has 0 fully saturated rings. The summed E-state index contributed by atoms with van der Waals surface area (Å²) in [5.41, 5.74) is 1.27. The van der Waals surface area contributed by atoms with E-state index in [2.05, 4.69) is 10.6 Å². The predicted molar refractivity (Wildman–Crippen MR) is 116 cm³/mol. The molecule has 4 N–H and O–H groups in total. The van der Waals surface area contributed by atoms with Gasteiger partial charge in [-0.1, -0.05) is 18.2 Å². The van der Waals surface area contributed by atoms with Crippen LogP contribution in [0.1, 0.15) is 31.1 Å². The van der Waals surface area contributed by atoms with E-state index in [1.807, 2.05) is 0 Å². The molecular weight excluding hydrogens is 438 g/mol. The Balaban J connectivity index is 2.12. The van der Waals surface area contributed by atoms with E-state index in [4.69, 9.17) is 9.94 Å². The van der Waals surface area contributed by atoms with Crippen LogP contribution in [0.4, 0.5) is 10.5 Å². The van der Waals surface area contributed by atoms with Crippen LogP contribution in [-0.2, 0) is 19.4 Å². The van der Waals surface area contributed by atoms with Gasteiger partial charge in [-0.25, -0.2) is 18.7 Å². The zero-order chi connectivity index (χ0) is 23.9. The molecule has 1 atom stereocenters. The van der Waals surface area contributed by atoms with Gasteiger partial charge in [-0.15, -0.1) is 0 Å². The third-order valence-electron chi connectivity index (χ3n) is 4.01. The number of amides is 3. The van der Waals surface area contributed by atoms with E-state index in [0.29, 0.717) is 11.3 Å². The molecule has 2 aromatic rings. The van der Waals surface area contributed by atoms with Gasteiger partial charge >= 0.3 is 6.09 Å². The van der Waals surface area contributed by atoms with E-state index in [0.717, 1.165) is 0 Å². The van der Waals surface area contributed by atoms with E-state index >= 15 is 0 Å². The first-order valence-electron chi connectivity index (χ1n) is 9.54. The van der Waals surface area contributed by atoms with Crippen LogP contribution < -0.4 is 16.1 Å². The van der Waals surface area contributed by atoms with E-state index in [1.54, 1.807) is 51.1 Å². The van der Waals surface area contributed by atoms with Gasteiger partial charge in [0.05, 0.1) is 10.6 Å². The third kappa shape index (κ3) is 7.36. The number of hydrogen-bond donors (Lipinski definition) is 4. The van der Waals surface area contributed by atoms with Crippen LogP contribution in [0.15, 0.2) is 59.5 Å². The lowest BCUT2D eigenvalue weighted by molar-refractivity contribution is -0.130. The van der Waals surface area contributed by atoms with Crippen molar-refractivity contribution in [3.05, 3.63) is 60.2 Å². The van der Waals surface area contributed by atoms with Gasteiger partial charge in [-0.3, -0.25) is 14.8 Å². The van der Waals surface area contributed by atoms with Gasteiger partial charge in [0.15, 0.2) is 9.84 Å². The van der Waals surface area contributed by atoms with Crippen LogP contribution in [0.25, 0.3) is 0 Å². The number of carbonyl (C=O) groups excluding carboxylic acids is 3. The molecule has 0 aliphatic rings. The van der Waals surface area contributed by atoms with Gasteiger partial charge in [0.25, 0.3) is 11.8 Å². The maximum atomic E-state index is 12.7. The first-order chi connectivity index (χ1) is 14.9. The molecule has 0 radical (unpaired) electrons. The van der Waals surface area contributed by atoms with Crippen LogP contribution in [-0.4, -0.2) is 48.9 Å². The molecular formula is C21H25N3O7S. The number of anilines is 1. The van der Waals surface area contributed by atoms with Crippen molar-refractivity contribution in [3.8, 4) is 0 Å². The third-order valence-corrected chi connectivity index (χ3v) is 5.77. The Morgan fingerprint density at radius 2 is 1.59 bits per heavy atom. The molecule has 3 amide bonds. The minimum absolute atomic E-state index is 0.142. The van der Waals surface area contributed by atoms with Gasteiger partial charge < -0.3 is 15.4 Å². The fourth-order valence-electron chi connectivity index (χ4n) is 2.56. The first-order valence-corrected chi connectivity index (χ1v) is 11.2. The average Bonchev–Trinajstić information content (AvgIpc) is 2.72. The summed E-state index contributed by atoms with van der Waals surface area (Å²) >= 11 is 0. The van der Waals surface area contributed by atoms with Crippen molar-refractivity contribution >= 4 is 33.4 Å². The molecule has 0 bridgehead atoms. The largest absolute Gasteiger partial charge is 0.444 e. The van der Waals surface area contributed by atoms with Gasteiger partial charge in [-0.05, 0) is 57.2 Å². The smallest absolute Gasteiger partial charge is 0.408 e. The highest BCUT2D eigenvalue weighted by Gasteiger charge is 2.30. The summed E-state index contributed by atoms with van der Waals surface area (Å²) in [6, 6.07) is 12.2. The Kier molecular flexibility index (Phi) is 7.95. The maximum Gasteiger partial charge on any atom is 0.408 e. The number of carbonyl (C=O) groups is 3. The molecule has 0 aromatic heterocycles. The monoisotopic (exact) mass is 463 g/mol. The maximum absolute atomic E-state index is 12.7. The molecule has 10 nitrogen and oxygen atoms in total. The van der Waals surface area contributed by atoms with E-state index in [1.165, 1.54) is 29.7 Å². The lowest BCUT2D eigenvalue weighted by Gasteiger charge is -2.22. The normalized spacial score (nSPS) is 12.4. The van der Waals surface area contributed by atoms with Crippen molar-refractivity contribution in [1.29, 1.82) is 0 Å². The Bertz CT molecular complexity index is 1060. The lowest BCUT2D eigenvalue weighted by Crippen LogP contribution is -2.50. The number of sulfone groups is 1. The van der Waals surface area contributed by atoms with Crippen molar-refractivity contribution in [1.82, 2.24) is 10.8 Å². The number of benzene rings is 2. The summed E-state index contributed by atoms with van der Waals surface area (Å²) in [4.78, 5) is 35.9. The number of ether oxygens (including phenoxy) is 1. The molecule has 0 spiro atoms. The Morgan fingerprint density at radius 3 is 2.12 bits per heavy atom. The first kappa shape index (κ1) is 24.8. The molecule has 0 saturated heterocycles. The number of alkyl carbamates (subject to hydrolysis) is 1. The van der Waals surface area contributed by atoms with Gasteiger partial charge in [0, 0.05) is 11.3 Å². The predicted octanol–water partition coefficient (Wildman–Crippen LogP) is 2.11. The van der Waals surface area contributed by atoms with Crippen molar-refractivity contribution < 1.29 is 32.7 Å². The zero-order valence-electron chi connectivity index (χ0n) is 17.8. The average molecular weight is 464 g/mol. The molecule has 0 aliphatic heterocycles. The fraction of sp³-hybridized carbons (Fsp3) is 0.286. The van der Waals surface area contributed by atoms with E-state index in [-0.39, 0.29) is 10.8 Å². The number of rotatable bonds is 7. The molecule has 2 rings (SSSR count). The minimum Gasteiger partial charge on any atom is -0.444 e. The summed E-state index contributed by atoms with van der Waals surface area (Å²) < 4.78 is 30.5. The van der Waals surface area contributed by atoms with E-state index < -0.39 is 39.2 Å². The summed E-state index contributed by atoms with van der Waals surface area (Å²) in [5.74, 6) is -2.30. The lowest BCUT2D eigenvalue weighted by atomic mass is 10.2. The highest BCUT2D eigenvalue weighted by Crippen LogP contribution is 2.17. The molecule has 32 heavy (non-hydrogen) atoms. The molecule has 1 unspecified atom stereocenters. The second kappa shape index (κ2) is 10.2. The quantitative estimate of drug-likeness (QED) is 0.363. The van der Waals surface area contributed by atoms with Crippen LogP contribution in [0.3, 0.4) is 0 Å². The van der Waals surface area contributed by atoms with Gasteiger partial charge in [-0.2, -0.15) is 0 Å². The number of hydrogen-bond acceptors (Lipinski definition) is 7. The highest BCUT2D eigenvalue weighted by molar-refractivity contribution is 7.91. The summed E-state index contributed by atoms with van der Waals surface area (Å²) in [7, 11) is -4.06. The Morgan fingerprint density at radius 1 is 1.00 bits per heavy atom. The van der Waals surface area contributed by atoms with Crippen molar-refractivity contribution in [2.75, 3.05) is 11.1 Å². The second-order valence-electron chi connectivity index (χ2n) is 7.80. The Hall–Kier alpha value is -3.44. The highest BCUT2D eigenvalue weighted by atomic mass is 32.2. The summed E-state index contributed by atoms with van der Waals surface area (Å²) in [6.07, 6.45) is -1.01. The molecule has 0 aliphatic carbocycles. The van der Waals surface area contributed by atoms with Crippen molar-refractivity contribution in [3.63, 3.8) is 0 Å². The van der Waals surface area contributed by atoms with Gasteiger partial charge in [0.2, 0.25) is 0 Å². The Labute approximate surface area is 185 Å².